The smallest absolute Gasteiger partial charge is 0.308 e. The number of methoxy groups -OCH3 is 2. The van der Waals surface area contributed by atoms with Crippen molar-refractivity contribution in [3.8, 4) is 0 Å². The Hall–Kier alpha value is -2.41. The molecule has 0 spiro atoms. The zero-order valence-electron chi connectivity index (χ0n) is 35.4. The molecular weight excluding hydrogens is 742 g/mol. The van der Waals surface area contributed by atoms with Gasteiger partial charge >= 0.3 is 5.97 Å². The highest BCUT2D eigenvalue weighted by Crippen LogP contribution is 2.35. The number of carbonyl (C=O) groups excluding carboxylic acids is 3. The predicted molar refractivity (Wildman–Crippen MR) is 210 cm³/mol. The third kappa shape index (κ3) is 13.0. The number of cyclic esters (lactones) is 1. The molecule has 0 aromatic carbocycles. The van der Waals surface area contributed by atoms with Crippen LogP contribution >= 0.6 is 0 Å². The summed E-state index contributed by atoms with van der Waals surface area (Å²) < 4.78 is 48.2. The number of aliphatic hydroxyl groups is 3. The van der Waals surface area contributed by atoms with Gasteiger partial charge in [0.25, 0.3) is 0 Å². The first-order valence-electron chi connectivity index (χ1n) is 20.1. The number of likely N-dealkylation sites (N-methyl/N-ethyl adjacent to an activating group) is 1. The van der Waals surface area contributed by atoms with Gasteiger partial charge in [-0.2, -0.15) is 0 Å². The Morgan fingerprint density at radius 2 is 1.58 bits per heavy atom. The largest absolute Gasteiger partial charge is 0.462 e. The topological polar surface area (TPSA) is 189 Å². The highest BCUT2D eigenvalue weighted by molar-refractivity contribution is 5.91. The molecule has 326 valence electrons. The Balaban J connectivity index is 1.97. The van der Waals surface area contributed by atoms with Crippen molar-refractivity contribution < 1.29 is 67.6 Å². The summed E-state index contributed by atoms with van der Waals surface area (Å²) in [4.78, 5) is 41.2. The van der Waals surface area contributed by atoms with Crippen LogP contribution in [0, 0.1) is 23.7 Å². The maximum absolute atomic E-state index is 13.6. The number of aldehydes is 1. The number of esters is 1. The van der Waals surface area contributed by atoms with Crippen LogP contribution in [0.3, 0.4) is 0 Å². The van der Waals surface area contributed by atoms with Crippen molar-refractivity contribution in [2.45, 2.75) is 147 Å². The second-order valence-corrected chi connectivity index (χ2v) is 16.0. The molecular formula is C42H69NO14. The monoisotopic (exact) mass is 811 g/mol. The molecule has 15 heteroatoms. The number of ketones is 1. The highest BCUT2D eigenvalue weighted by Gasteiger charge is 2.49. The average molecular weight is 812 g/mol. The first-order chi connectivity index (χ1) is 27.0. The molecule has 2 saturated heterocycles. The molecule has 0 bridgehead atoms. The second-order valence-electron chi connectivity index (χ2n) is 16.0. The molecule has 3 aliphatic rings. The lowest BCUT2D eigenvalue weighted by atomic mass is 9.79. The molecule has 57 heavy (non-hydrogen) atoms. The van der Waals surface area contributed by atoms with Crippen LogP contribution in [0.25, 0.3) is 0 Å². The van der Waals surface area contributed by atoms with Crippen molar-refractivity contribution in [3.05, 3.63) is 36.5 Å². The number of hydrogen-bond acceptors (Lipinski definition) is 15. The minimum absolute atomic E-state index is 0.00984. The summed E-state index contributed by atoms with van der Waals surface area (Å²) in [7, 11) is 6.57. The number of ether oxygens (including phenoxy) is 8. The van der Waals surface area contributed by atoms with E-state index in [1.165, 1.54) is 20.3 Å². The van der Waals surface area contributed by atoms with E-state index in [1.807, 2.05) is 45.8 Å². The van der Waals surface area contributed by atoms with Crippen LogP contribution in [-0.4, -0.2) is 159 Å². The van der Waals surface area contributed by atoms with E-state index in [0.717, 1.165) is 6.29 Å². The van der Waals surface area contributed by atoms with Gasteiger partial charge < -0.3 is 62.9 Å². The van der Waals surface area contributed by atoms with Crippen molar-refractivity contribution in [2.24, 2.45) is 23.7 Å². The fourth-order valence-corrected chi connectivity index (χ4v) is 8.15. The van der Waals surface area contributed by atoms with E-state index in [1.54, 1.807) is 32.9 Å². The van der Waals surface area contributed by atoms with Gasteiger partial charge in [-0.1, -0.05) is 44.6 Å². The molecule has 0 saturated carbocycles. The Morgan fingerprint density at radius 3 is 2.18 bits per heavy atom. The predicted octanol–water partition coefficient (Wildman–Crippen LogP) is 2.77. The summed E-state index contributed by atoms with van der Waals surface area (Å²) in [5, 5.41) is 33.9. The van der Waals surface area contributed by atoms with Crippen molar-refractivity contribution in [1.82, 2.24) is 4.90 Å². The maximum atomic E-state index is 13.6. The first-order valence-corrected chi connectivity index (χ1v) is 20.1. The minimum atomic E-state index is -1.30. The number of rotatable bonds is 14. The maximum Gasteiger partial charge on any atom is 0.308 e. The minimum Gasteiger partial charge on any atom is -0.462 e. The van der Waals surface area contributed by atoms with E-state index in [0.29, 0.717) is 12.0 Å². The summed E-state index contributed by atoms with van der Waals surface area (Å²) in [6.45, 7) is 14.7. The second kappa shape index (κ2) is 23.4. The summed E-state index contributed by atoms with van der Waals surface area (Å²) in [5.74, 6) is -3.30. The lowest BCUT2D eigenvalue weighted by molar-refractivity contribution is -0.308. The summed E-state index contributed by atoms with van der Waals surface area (Å²) >= 11 is 0. The van der Waals surface area contributed by atoms with E-state index >= 15 is 0 Å². The SMILES string of the molecule is C=CCO[C@H]1[C@H](N(C)C)[C@@H](O)[C@H](O[C@H]2[C@@H](CC=O)C[C@@H](C)C(=O)/C=C/C(C)=C/[C@H](CO[C@@H]3O[C@H](C)[C@@H](O)[C@@H](OC)[C@H]3OC)[C@H](CC)OC(=O)C[C@@H](O)[C@@H]2C)O[C@@H]1C. The van der Waals surface area contributed by atoms with Crippen LogP contribution in [0.5, 0.6) is 0 Å². The Kier molecular flexibility index (Phi) is 20.1. The zero-order chi connectivity index (χ0) is 42.6. The standard InChI is InChI=1S/C42H69NO14/c1-12-18-52-38-27(7)55-41(36(49)34(38)43(8)9)57-37-25(5)31(46)21-33(47)56-32(13-2)29(19-23(3)14-15-30(45)24(4)20-28(37)16-17-44)22-53-42-40(51-11)39(50-10)35(48)26(6)54-42/h12,14-15,17,19,24-29,31-32,34-42,46,48-49H,1,13,16,18,20-22H2,2-11H3/b15-14+,23-19+/t24-,25+,26-,27-,28+,29-,31-,32+,34-,35-,36-,37-,38-,39-,40-,41+,42-/m1/s1. The number of nitrogens with zero attached hydrogens (tertiary/aromatic N) is 1. The van der Waals surface area contributed by atoms with E-state index in [4.69, 9.17) is 37.9 Å². The lowest BCUT2D eigenvalue weighted by Gasteiger charge is -2.48. The van der Waals surface area contributed by atoms with Crippen LogP contribution in [0.2, 0.25) is 0 Å². The van der Waals surface area contributed by atoms with Gasteiger partial charge in [0.15, 0.2) is 18.4 Å². The van der Waals surface area contributed by atoms with Gasteiger partial charge in [0.05, 0.1) is 50.1 Å². The third-order valence-corrected chi connectivity index (χ3v) is 11.5. The molecule has 0 aromatic heterocycles. The molecule has 0 unspecified atom stereocenters. The van der Waals surface area contributed by atoms with E-state index in [-0.39, 0.29) is 31.8 Å². The summed E-state index contributed by atoms with van der Waals surface area (Å²) in [5.41, 5.74) is 0.708. The van der Waals surface area contributed by atoms with Gasteiger partial charge in [-0.3, -0.25) is 9.59 Å². The fourth-order valence-electron chi connectivity index (χ4n) is 8.15. The molecule has 15 nitrogen and oxygen atoms in total. The van der Waals surface area contributed by atoms with Gasteiger partial charge in [-0.05, 0) is 59.7 Å². The molecule has 17 atom stereocenters. The average Bonchev–Trinajstić information content (AvgIpc) is 3.16. The van der Waals surface area contributed by atoms with Crippen molar-refractivity contribution >= 4 is 18.0 Å². The molecule has 0 aliphatic carbocycles. The highest BCUT2D eigenvalue weighted by atomic mass is 16.7. The van der Waals surface area contributed by atoms with Crippen LogP contribution in [0.1, 0.15) is 67.2 Å². The molecule has 2 fully saturated rings. The number of allylic oxidation sites excluding steroid dienone is 3. The van der Waals surface area contributed by atoms with Crippen molar-refractivity contribution in [1.29, 1.82) is 0 Å². The molecule has 0 amide bonds. The third-order valence-electron chi connectivity index (χ3n) is 11.5. The van der Waals surface area contributed by atoms with E-state index < -0.39 is 116 Å². The molecule has 3 rings (SSSR count). The Morgan fingerprint density at radius 1 is 0.912 bits per heavy atom. The van der Waals surface area contributed by atoms with Gasteiger partial charge in [-0.15, -0.1) is 6.58 Å². The van der Waals surface area contributed by atoms with Gasteiger partial charge in [0.1, 0.15) is 42.9 Å². The van der Waals surface area contributed by atoms with Gasteiger partial charge in [0.2, 0.25) is 0 Å². The van der Waals surface area contributed by atoms with Gasteiger partial charge in [0, 0.05) is 38.4 Å². The number of hydrogen-bond donors (Lipinski definition) is 3. The van der Waals surface area contributed by atoms with E-state index in [9.17, 15) is 29.7 Å². The lowest BCUT2D eigenvalue weighted by Crippen LogP contribution is -2.64. The van der Waals surface area contributed by atoms with Gasteiger partial charge in [-0.25, -0.2) is 0 Å². The Labute approximate surface area is 338 Å². The fraction of sp³-hybridized carbons (Fsp3) is 0.786. The molecule has 3 aliphatic heterocycles. The molecule has 3 N–H and O–H groups in total. The summed E-state index contributed by atoms with van der Waals surface area (Å²) in [6.07, 6.45) is -2.74. The van der Waals surface area contributed by atoms with Crippen molar-refractivity contribution in [2.75, 3.05) is 41.5 Å². The zero-order valence-corrected chi connectivity index (χ0v) is 35.4. The van der Waals surface area contributed by atoms with Crippen LogP contribution in [0.4, 0.5) is 0 Å². The van der Waals surface area contributed by atoms with Crippen molar-refractivity contribution in [3.63, 3.8) is 0 Å². The van der Waals surface area contributed by atoms with Crippen LogP contribution in [0.15, 0.2) is 36.5 Å². The number of aliphatic hydroxyl groups excluding tert-OH is 3. The molecule has 3 heterocycles. The number of carbonyl (C=O) groups is 3. The normalized spacial score (nSPS) is 41.9. The van der Waals surface area contributed by atoms with E-state index in [2.05, 4.69) is 6.58 Å². The quantitative estimate of drug-likeness (QED) is 0.132. The van der Waals surface area contributed by atoms with Crippen LogP contribution < -0.4 is 0 Å². The molecule has 0 radical (unpaired) electrons. The summed E-state index contributed by atoms with van der Waals surface area (Å²) in [6, 6.07) is -0.545. The van der Waals surface area contributed by atoms with Crippen LogP contribution in [-0.2, 0) is 52.3 Å². The molecule has 0 aromatic rings. The Bertz CT molecular complexity index is 1340. The first kappa shape index (κ1) is 49.0.